The van der Waals surface area contributed by atoms with Crippen LogP contribution in [0.4, 0.5) is 5.69 Å². The molecule has 1 amide bonds. The molecule has 26 heavy (non-hydrogen) atoms. The van der Waals surface area contributed by atoms with Gasteiger partial charge in [-0.05, 0) is 17.7 Å². The molecule has 0 spiro atoms. The third-order valence-corrected chi connectivity index (χ3v) is 4.79. The molecule has 2 rings (SSSR count). The van der Waals surface area contributed by atoms with Gasteiger partial charge in [-0.1, -0.05) is 12.1 Å². The first kappa shape index (κ1) is 19.1. The van der Waals surface area contributed by atoms with Crippen LogP contribution in [0.5, 0.6) is 5.75 Å². The summed E-state index contributed by atoms with van der Waals surface area (Å²) in [4.78, 5) is 32.5. The minimum atomic E-state index is -4.22. The Morgan fingerprint density at radius 1 is 1.27 bits per heavy atom. The molecule has 0 aromatic heterocycles. The molecule has 0 heterocycles. The molecule has 9 nitrogen and oxygen atoms in total. The molecule has 10 heteroatoms. The number of nitro benzene ring substituents is 1. The number of carbonyl (C=O) groups excluding carboxylic acids is 2. The summed E-state index contributed by atoms with van der Waals surface area (Å²) in [6.45, 7) is 1.03. The number of carbonyl (C=O) groups is 2. The summed E-state index contributed by atoms with van der Waals surface area (Å²) < 4.78 is 31.5. The van der Waals surface area contributed by atoms with Crippen LogP contribution in [0.25, 0.3) is 11.1 Å². The molecule has 0 atom stereocenters. The van der Waals surface area contributed by atoms with E-state index in [2.05, 4.69) is 0 Å². The maximum absolute atomic E-state index is 12.3. The number of nitrogens with one attached hydrogen (secondary N) is 1. The Morgan fingerprint density at radius 3 is 2.50 bits per heavy atom. The van der Waals surface area contributed by atoms with Crippen molar-refractivity contribution >= 4 is 27.9 Å². The largest absolute Gasteiger partial charge is 0.495 e. The van der Waals surface area contributed by atoms with E-state index >= 15 is 0 Å². The molecule has 0 aliphatic heterocycles. The first-order chi connectivity index (χ1) is 12.2. The Kier molecular flexibility index (Phi) is 5.36. The van der Waals surface area contributed by atoms with Gasteiger partial charge in [0.15, 0.2) is 6.29 Å². The number of nitro groups is 1. The predicted molar refractivity (Wildman–Crippen MR) is 91.5 cm³/mol. The Labute approximate surface area is 148 Å². The quantitative estimate of drug-likeness (QED) is 0.461. The number of aldehydes is 1. The zero-order chi connectivity index (χ0) is 19.5. The van der Waals surface area contributed by atoms with Crippen molar-refractivity contribution in [2.45, 2.75) is 11.8 Å². The van der Waals surface area contributed by atoms with Crippen LogP contribution < -0.4 is 9.46 Å². The smallest absolute Gasteiger partial charge is 0.270 e. The molecule has 1 N–H and O–H groups in total. The second-order valence-corrected chi connectivity index (χ2v) is 6.86. The molecular weight excluding hydrogens is 364 g/mol. The van der Waals surface area contributed by atoms with Crippen molar-refractivity contribution < 1.29 is 27.7 Å². The maximum atomic E-state index is 12.3. The number of hydrogen-bond acceptors (Lipinski definition) is 7. The van der Waals surface area contributed by atoms with E-state index in [1.807, 2.05) is 0 Å². The molecule has 136 valence electrons. The fourth-order valence-corrected chi connectivity index (χ4v) is 3.40. The third-order valence-electron chi connectivity index (χ3n) is 3.38. The zero-order valence-electron chi connectivity index (χ0n) is 13.8. The highest BCUT2D eigenvalue weighted by atomic mass is 32.2. The summed E-state index contributed by atoms with van der Waals surface area (Å²) in [5.41, 5.74) is 0.136. The van der Waals surface area contributed by atoms with E-state index in [1.54, 1.807) is 4.72 Å². The van der Waals surface area contributed by atoms with E-state index in [9.17, 15) is 28.1 Å². The molecule has 2 aromatic carbocycles. The number of sulfonamides is 1. The fraction of sp³-hybridized carbons (Fsp3) is 0.125. The van der Waals surface area contributed by atoms with Crippen LogP contribution in [-0.4, -0.2) is 32.6 Å². The second-order valence-electron chi connectivity index (χ2n) is 5.18. The van der Waals surface area contributed by atoms with E-state index < -0.39 is 20.9 Å². The van der Waals surface area contributed by atoms with E-state index in [4.69, 9.17) is 4.74 Å². The summed E-state index contributed by atoms with van der Waals surface area (Å²) in [5.74, 6) is -0.743. The lowest BCUT2D eigenvalue weighted by Crippen LogP contribution is -2.28. The van der Waals surface area contributed by atoms with Crippen LogP contribution in [0.1, 0.15) is 17.3 Å². The Bertz CT molecular complexity index is 1000. The number of ether oxygens (including phenoxy) is 1. The topological polar surface area (TPSA) is 133 Å². The lowest BCUT2D eigenvalue weighted by molar-refractivity contribution is -0.384. The summed E-state index contributed by atoms with van der Waals surface area (Å²) in [7, 11) is -2.94. The molecular formula is C16H14N2O7S. The van der Waals surface area contributed by atoms with Crippen LogP contribution in [0, 0.1) is 10.1 Å². The van der Waals surface area contributed by atoms with Gasteiger partial charge in [-0.15, -0.1) is 0 Å². The van der Waals surface area contributed by atoms with Crippen LogP contribution in [0.3, 0.4) is 0 Å². The average molecular weight is 378 g/mol. The summed E-state index contributed by atoms with van der Waals surface area (Å²) in [6.07, 6.45) is 0.395. The number of nitrogens with zero attached hydrogens (tertiary/aromatic N) is 1. The Balaban J connectivity index is 2.77. The van der Waals surface area contributed by atoms with E-state index in [0.29, 0.717) is 6.29 Å². The van der Waals surface area contributed by atoms with Gasteiger partial charge in [0.2, 0.25) is 5.91 Å². The van der Waals surface area contributed by atoms with Gasteiger partial charge in [-0.3, -0.25) is 19.7 Å². The number of methoxy groups -OCH3 is 1. The van der Waals surface area contributed by atoms with Gasteiger partial charge < -0.3 is 4.74 Å². The van der Waals surface area contributed by atoms with Gasteiger partial charge >= 0.3 is 0 Å². The van der Waals surface area contributed by atoms with Crippen molar-refractivity contribution in [3.63, 3.8) is 0 Å². The van der Waals surface area contributed by atoms with E-state index in [-0.39, 0.29) is 33.0 Å². The molecule has 0 unspecified atom stereocenters. The molecule has 0 saturated heterocycles. The minimum absolute atomic E-state index is 0.0577. The van der Waals surface area contributed by atoms with Crippen molar-refractivity contribution in [1.82, 2.24) is 4.72 Å². The third kappa shape index (κ3) is 3.86. The molecule has 0 bridgehead atoms. The molecule has 0 saturated carbocycles. The van der Waals surface area contributed by atoms with Crippen LogP contribution >= 0.6 is 0 Å². The highest BCUT2D eigenvalue weighted by Crippen LogP contribution is 2.36. The summed E-state index contributed by atoms with van der Waals surface area (Å²) >= 11 is 0. The monoisotopic (exact) mass is 378 g/mol. The van der Waals surface area contributed by atoms with E-state index in [1.165, 1.54) is 37.4 Å². The van der Waals surface area contributed by atoms with Crippen molar-refractivity contribution in [3.8, 4) is 16.9 Å². The molecule has 0 aliphatic carbocycles. The number of benzene rings is 2. The van der Waals surface area contributed by atoms with Crippen molar-refractivity contribution in [3.05, 3.63) is 52.1 Å². The van der Waals surface area contributed by atoms with Gasteiger partial charge in [0.1, 0.15) is 5.75 Å². The SMILES string of the molecule is COc1c(C=O)cc(S(=O)(=O)NC(C)=O)cc1-c1cccc([N+](=O)[O-])c1. The zero-order valence-corrected chi connectivity index (χ0v) is 14.6. The standard InChI is InChI=1S/C16H14N2O7S/c1-10(20)17-26(23,24)14-7-12(9-19)16(25-2)15(8-14)11-4-3-5-13(6-11)18(21)22/h3-9H,1-2H3,(H,17,20). The Hall–Kier alpha value is -3.27. The molecule has 0 aliphatic rings. The number of non-ortho nitro benzene ring substituents is 1. The van der Waals surface area contributed by atoms with Gasteiger partial charge in [0.25, 0.3) is 15.7 Å². The minimum Gasteiger partial charge on any atom is -0.495 e. The first-order valence-corrected chi connectivity index (χ1v) is 8.63. The van der Waals surface area contributed by atoms with Crippen LogP contribution in [0.15, 0.2) is 41.3 Å². The highest BCUT2D eigenvalue weighted by Gasteiger charge is 2.22. The molecule has 0 fully saturated rings. The lowest BCUT2D eigenvalue weighted by Gasteiger charge is -2.14. The van der Waals surface area contributed by atoms with E-state index in [0.717, 1.165) is 13.0 Å². The Morgan fingerprint density at radius 2 is 1.96 bits per heavy atom. The lowest BCUT2D eigenvalue weighted by atomic mass is 10.0. The van der Waals surface area contributed by atoms with Crippen LogP contribution in [0.2, 0.25) is 0 Å². The second kappa shape index (κ2) is 7.31. The highest BCUT2D eigenvalue weighted by molar-refractivity contribution is 7.90. The predicted octanol–water partition coefficient (Wildman–Crippen LogP) is 1.91. The summed E-state index contributed by atoms with van der Waals surface area (Å²) in [5, 5.41) is 11.0. The van der Waals surface area contributed by atoms with Gasteiger partial charge in [0.05, 0.1) is 22.5 Å². The van der Waals surface area contributed by atoms with Crippen molar-refractivity contribution in [1.29, 1.82) is 0 Å². The normalized spacial score (nSPS) is 10.8. The summed E-state index contributed by atoms with van der Waals surface area (Å²) in [6, 6.07) is 7.65. The fourth-order valence-electron chi connectivity index (χ4n) is 2.34. The maximum Gasteiger partial charge on any atom is 0.270 e. The van der Waals surface area contributed by atoms with Gasteiger partial charge in [-0.2, -0.15) is 0 Å². The number of rotatable bonds is 6. The molecule has 2 aromatic rings. The first-order valence-electron chi connectivity index (χ1n) is 7.15. The number of hydrogen-bond donors (Lipinski definition) is 1. The molecule has 0 radical (unpaired) electrons. The average Bonchev–Trinajstić information content (AvgIpc) is 2.59. The van der Waals surface area contributed by atoms with Gasteiger partial charge in [0, 0.05) is 24.6 Å². The van der Waals surface area contributed by atoms with Crippen molar-refractivity contribution in [2.24, 2.45) is 0 Å². The van der Waals surface area contributed by atoms with Gasteiger partial charge in [-0.25, -0.2) is 13.1 Å². The van der Waals surface area contributed by atoms with Crippen LogP contribution in [-0.2, 0) is 14.8 Å². The van der Waals surface area contributed by atoms with Crippen molar-refractivity contribution in [2.75, 3.05) is 7.11 Å². The number of amides is 1.